The van der Waals surface area contributed by atoms with Crippen molar-refractivity contribution in [3.05, 3.63) is 109 Å². The smallest absolute Gasteiger partial charge is 0.293 e. The van der Waals surface area contributed by atoms with Crippen LogP contribution in [0.4, 0.5) is 4.79 Å². The summed E-state index contributed by atoms with van der Waals surface area (Å²) in [6, 6.07) is 16.6. The Morgan fingerprint density at radius 1 is 1.03 bits per heavy atom. The predicted octanol–water partition coefficient (Wildman–Crippen LogP) is 8.70. The number of carbonyl (C=O) groups excluding carboxylic acids is 2. The molecule has 196 valence electrons. The number of amides is 2. The molecule has 3 aromatic rings. The largest absolute Gasteiger partial charge is 0.490 e. The standard InChI is InChI=1S/C29H24BrCl2NO4S/c1-3-5-20-12-19(13-25(36-4-2)27(20)37-17-18-6-9-22(30)10-7-18)14-26-28(34)33(29(35)38-26)16-21-8-11-23(31)15-24(21)32/h3,6-15H,1,4-5,16-17H2,2H3/b26-14-. The molecule has 0 aliphatic carbocycles. The molecule has 1 fully saturated rings. The van der Waals surface area contributed by atoms with E-state index in [2.05, 4.69) is 22.5 Å². The van der Waals surface area contributed by atoms with Gasteiger partial charge in [0.25, 0.3) is 11.1 Å². The van der Waals surface area contributed by atoms with Gasteiger partial charge in [0.1, 0.15) is 6.61 Å². The molecule has 0 aromatic heterocycles. The van der Waals surface area contributed by atoms with Crippen LogP contribution in [0.2, 0.25) is 10.0 Å². The number of ether oxygens (including phenoxy) is 2. The summed E-state index contributed by atoms with van der Waals surface area (Å²) in [5.74, 6) is 0.796. The Morgan fingerprint density at radius 2 is 1.79 bits per heavy atom. The lowest BCUT2D eigenvalue weighted by molar-refractivity contribution is -0.123. The Balaban J connectivity index is 1.61. The number of nitrogens with zero attached hydrogens (tertiary/aromatic N) is 1. The first-order valence-electron chi connectivity index (χ1n) is 11.8. The van der Waals surface area contributed by atoms with Gasteiger partial charge in [-0.1, -0.05) is 63.4 Å². The Morgan fingerprint density at radius 3 is 2.47 bits per heavy atom. The summed E-state index contributed by atoms with van der Waals surface area (Å²) >= 11 is 16.6. The first-order chi connectivity index (χ1) is 18.3. The van der Waals surface area contributed by atoms with E-state index in [0.717, 1.165) is 32.9 Å². The highest BCUT2D eigenvalue weighted by atomic mass is 79.9. The predicted molar refractivity (Wildman–Crippen MR) is 158 cm³/mol. The molecule has 0 spiro atoms. The first kappa shape index (κ1) is 28.3. The van der Waals surface area contributed by atoms with Gasteiger partial charge in [0.05, 0.1) is 18.1 Å². The molecule has 1 aliphatic rings. The maximum Gasteiger partial charge on any atom is 0.293 e. The number of allylic oxidation sites excluding steroid dienone is 1. The number of rotatable bonds is 10. The van der Waals surface area contributed by atoms with Gasteiger partial charge in [-0.3, -0.25) is 14.5 Å². The molecule has 0 saturated carbocycles. The number of halogens is 3. The second-order valence-electron chi connectivity index (χ2n) is 8.35. The number of thioether (sulfide) groups is 1. The summed E-state index contributed by atoms with van der Waals surface area (Å²) in [6.45, 7) is 6.63. The van der Waals surface area contributed by atoms with Crippen LogP contribution in [-0.2, 0) is 24.4 Å². The first-order valence-corrected chi connectivity index (χ1v) is 14.1. The summed E-state index contributed by atoms with van der Waals surface area (Å²) < 4.78 is 13.1. The van der Waals surface area contributed by atoms with Crippen LogP contribution >= 0.6 is 50.9 Å². The van der Waals surface area contributed by atoms with Crippen molar-refractivity contribution < 1.29 is 19.1 Å². The molecule has 38 heavy (non-hydrogen) atoms. The molecule has 0 atom stereocenters. The van der Waals surface area contributed by atoms with Gasteiger partial charge in [0.2, 0.25) is 0 Å². The third-order valence-corrected chi connectivity index (χ3v) is 7.65. The quantitative estimate of drug-likeness (QED) is 0.165. The topological polar surface area (TPSA) is 55.8 Å². The van der Waals surface area contributed by atoms with Crippen LogP contribution in [0.5, 0.6) is 11.5 Å². The number of benzene rings is 3. The van der Waals surface area contributed by atoms with E-state index in [1.165, 1.54) is 4.90 Å². The van der Waals surface area contributed by atoms with Crippen LogP contribution in [0.15, 0.2) is 76.6 Å². The van der Waals surface area contributed by atoms with Crippen molar-refractivity contribution in [1.82, 2.24) is 4.90 Å². The fourth-order valence-electron chi connectivity index (χ4n) is 3.84. The Labute approximate surface area is 244 Å². The molecule has 2 amide bonds. The van der Waals surface area contributed by atoms with Crippen LogP contribution in [0, 0.1) is 0 Å². The molecule has 0 N–H and O–H groups in total. The van der Waals surface area contributed by atoms with Gasteiger partial charge in [-0.05, 0) is 84.3 Å². The number of imide groups is 1. The summed E-state index contributed by atoms with van der Waals surface area (Å²) in [7, 11) is 0. The van der Waals surface area contributed by atoms with E-state index in [1.807, 2.05) is 43.3 Å². The Hall–Kier alpha value is -2.71. The normalized spacial score (nSPS) is 14.3. The van der Waals surface area contributed by atoms with Crippen LogP contribution in [0.25, 0.3) is 6.08 Å². The molecular formula is C29H24BrCl2NO4S. The minimum atomic E-state index is -0.384. The highest BCUT2D eigenvalue weighted by Crippen LogP contribution is 2.38. The van der Waals surface area contributed by atoms with Gasteiger partial charge in [-0.15, -0.1) is 6.58 Å². The second-order valence-corrected chi connectivity index (χ2v) is 11.1. The maximum absolute atomic E-state index is 13.1. The lowest BCUT2D eigenvalue weighted by Gasteiger charge is -2.17. The van der Waals surface area contributed by atoms with E-state index in [9.17, 15) is 9.59 Å². The lowest BCUT2D eigenvalue weighted by Crippen LogP contribution is -2.27. The number of carbonyl (C=O) groups is 2. The molecule has 1 heterocycles. The molecule has 0 unspecified atom stereocenters. The zero-order valence-corrected chi connectivity index (χ0v) is 24.4. The van der Waals surface area contributed by atoms with E-state index in [0.29, 0.717) is 51.6 Å². The van der Waals surface area contributed by atoms with Crippen LogP contribution in [0.1, 0.15) is 29.2 Å². The molecule has 1 saturated heterocycles. The van der Waals surface area contributed by atoms with Gasteiger partial charge >= 0.3 is 0 Å². The lowest BCUT2D eigenvalue weighted by atomic mass is 10.0. The Kier molecular flexibility index (Phi) is 9.60. The molecule has 0 bridgehead atoms. The summed E-state index contributed by atoms with van der Waals surface area (Å²) in [5.41, 5.74) is 3.23. The minimum Gasteiger partial charge on any atom is -0.490 e. The fraction of sp³-hybridized carbons (Fsp3) is 0.172. The van der Waals surface area contributed by atoms with Gasteiger partial charge in [0, 0.05) is 20.1 Å². The number of hydrogen-bond donors (Lipinski definition) is 0. The molecular weight excluding hydrogens is 609 g/mol. The van der Waals surface area contributed by atoms with Crippen molar-refractivity contribution in [2.75, 3.05) is 6.61 Å². The van der Waals surface area contributed by atoms with Crippen LogP contribution in [-0.4, -0.2) is 22.7 Å². The number of hydrogen-bond acceptors (Lipinski definition) is 5. The van der Waals surface area contributed by atoms with Gasteiger partial charge in [-0.2, -0.15) is 0 Å². The van der Waals surface area contributed by atoms with Gasteiger partial charge in [-0.25, -0.2) is 0 Å². The van der Waals surface area contributed by atoms with Crippen molar-refractivity contribution in [3.8, 4) is 11.5 Å². The molecule has 5 nitrogen and oxygen atoms in total. The van der Waals surface area contributed by atoms with Crippen LogP contribution in [0.3, 0.4) is 0 Å². The molecule has 4 rings (SSSR count). The van der Waals surface area contributed by atoms with Crippen molar-refractivity contribution in [1.29, 1.82) is 0 Å². The maximum atomic E-state index is 13.1. The summed E-state index contributed by atoms with van der Waals surface area (Å²) in [5, 5.41) is 0.519. The molecule has 9 heteroatoms. The Bertz CT molecular complexity index is 1410. The third-order valence-electron chi connectivity index (χ3n) is 5.63. The van der Waals surface area contributed by atoms with Gasteiger partial charge in [0.15, 0.2) is 11.5 Å². The van der Waals surface area contributed by atoms with Crippen molar-refractivity contribution in [2.24, 2.45) is 0 Å². The zero-order valence-electron chi connectivity index (χ0n) is 20.5. The van der Waals surface area contributed by atoms with E-state index in [1.54, 1.807) is 30.4 Å². The summed E-state index contributed by atoms with van der Waals surface area (Å²) in [4.78, 5) is 27.3. The van der Waals surface area contributed by atoms with Crippen molar-refractivity contribution >= 4 is 68.1 Å². The van der Waals surface area contributed by atoms with E-state index >= 15 is 0 Å². The molecule has 1 aliphatic heterocycles. The monoisotopic (exact) mass is 631 g/mol. The van der Waals surface area contributed by atoms with E-state index < -0.39 is 0 Å². The SMILES string of the molecule is C=CCc1cc(/C=C2\SC(=O)N(Cc3ccc(Cl)cc3Cl)C2=O)cc(OCC)c1OCc1ccc(Br)cc1. The summed E-state index contributed by atoms with van der Waals surface area (Å²) in [6.07, 6.45) is 4.01. The van der Waals surface area contributed by atoms with Gasteiger partial charge < -0.3 is 9.47 Å². The minimum absolute atomic E-state index is 0.0623. The average Bonchev–Trinajstić information content (AvgIpc) is 3.13. The molecule has 0 radical (unpaired) electrons. The third kappa shape index (κ3) is 6.83. The highest BCUT2D eigenvalue weighted by Gasteiger charge is 2.35. The highest BCUT2D eigenvalue weighted by molar-refractivity contribution is 9.10. The van der Waals surface area contributed by atoms with Crippen LogP contribution < -0.4 is 9.47 Å². The van der Waals surface area contributed by atoms with E-state index in [4.69, 9.17) is 32.7 Å². The zero-order chi connectivity index (χ0) is 27.2. The van der Waals surface area contributed by atoms with E-state index in [-0.39, 0.29) is 17.7 Å². The second kappa shape index (κ2) is 12.9. The van der Waals surface area contributed by atoms with Crippen molar-refractivity contribution in [3.63, 3.8) is 0 Å². The fourth-order valence-corrected chi connectivity index (χ4v) is 5.42. The van der Waals surface area contributed by atoms with Crippen molar-refractivity contribution in [2.45, 2.75) is 26.5 Å². The average molecular weight is 633 g/mol. The molecule has 3 aromatic carbocycles.